The Balaban J connectivity index is 2.47. The molecule has 0 radical (unpaired) electrons. The van der Waals surface area contributed by atoms with Gasteiger partial charge in [0, 0.05) is 16.6 Å². The van der Waals surface area contributed by atoms with Crippen molar-refractivity contribution in [1.82, 2.24) is 5.32 Å². The molecule has 1 aromatic carbocycles. The smallest absolute Gasteiger partial charge is 0.251 e. The molecule has 0 unspecified atom stereocenters. The molecule has 0 fully saturated rings. The van der Waals surface area contributed by atoms with E-state index in [0.717, 1.165) is 0 Å². The second-order valence-corrected chi connectivity index (χ2v) is 4.75. The van der Waals surface area contributed by atoms with Crippen LogP contribution in [0.2, 0.25) is 0 Å². The Kier molecular flexibility index (Phi) is 5.58. The predicted molar refractivity (Wildman–Crippen MR) is 67.5 cm³/mol. The summed E-state index contributed by atoms with van der Waals surface area (Å²) in [5, 5.41) is 2.66. The van der Waals surface area contributed by atoms with Crippen molar-refractivity contribution in [2.75, 3.05) is 13.2 Å². The van der Waals surface area contributed by atoms with Gasteiger partial charge in [-0.1, -0.05) is 15.9 Å². The van der Waals surface area contributed by atoms with Crippen molar-refractivity contribution >= 4 is 21.8 Å². The monoisotopic (exact) mass is 303 g/mol. The van der Waals surface area contributed by atoms with E-state index in [4.69, 9.17) is 4.74 Å². The van der Waals surface area contributed by atoms with Gasteiger partial charge in [-0.3, -0.25) is 4.79 Å². The lowest BCUT2D eigenvalue weighted by Gasteiger charge is -2.09. The van der Waals surface area contributed by atoms with Gasteiger partial charge >= 0.3 is 0 Å². The fourth-order valence-corrected chi connectivity index (χ4v) is 1.71. The molecule has 5 heteroatoms. The average molecular weight is 304 g/mol. The van der Waals surface area contributed by atoms with Crippen molar-refractivity contribution in [3.63, 3.8) is 0 Å². The third-order valence-corrected chi connectivity index (χ3v) is 2.42. The van der Waals surface area contributed by atoms with Crippen LogP contribution in [0, 0.1) is 5.82 Å². The fourth-order valence-electron chi connectivity index (χ4n) is 1.25. The van der Waals surface area contributed by atoms with E-state index in [-0.39, 0.29) is 12.0 Å². The van der Waals surface area contributed by atoms with Crippen LogP contribution in [0.4, 0.5) is 4.39 Å². The molecule has 0 aliphatic heterocycles. The highest BCUT2D eigenvalue weighted by Crippen LogP contribution is 2.14. The minimum absolute atomic E-state index is 0.134. The lowest BCUT2D eigenvalue weighted by atomic mass is 10.2. The summed E-state index contributed by atoms with van der Waals surface area (Å²) in [6, 6.07) is 4.07. The Morgan fingerprint density at radius 2 is 2.18 bits per heavy atom. The summed E-state index contributed by atoms with van der Waals surface area (Å²) in [6.45, 7) is 4.70. The highest BCUT2D eigenvalue weighted by atomic mass is 79.9. The number of benzene rings is 1. The molecule has 0 aromatic heterocycles. The second kappa shape index (κ2) is 6.71. The molecule has 0 heterocycles. The van der Waals surface area contributed by atoms with Crippen LogP contribution < -0.4 is 5.32 Å². The van der Waals surface area contributed by atoms with E-state index in [9.17, 15) is 9.18 Å². The highest BCUT2D eigenvalue weighted by Gasteiger charge is 2.07. The van der Waals surface area contributed by atoms with Crippen LogP contribution in [0.15, 0.2) is 22.7 Å². The van der Waals surface area contributed by atoms with Crippen LogP contribution in [-0.2, 0) is 4.74 Å². The number of rotatable bonds is 5. The van der Waals surface area contributed by atoms with E-state index >= 15 is 0 Å². The van der Waals surface area contributed by atoms with Crippen molar-refractivity contribution in [3.8, 4) is 0 Å². The first-order valence-electron chi connectivity index (χ1n) is 5.35. The van der Waals surface area contributed by atoms with Crippen molar-refractivity contribution in [2.24, 2.45) is 0 Å². The largest absolute Gasteiger partial charge is 0.377 e. The zero-order valence-corrected chi connectivity index (χ0v) is 11.4. The lowest BCUT2D eigenvalue weighted by Crippen LogP contribution is -2.28. The number of amides is 1. The van der Waals surface area contributed by atoms with E-state index in [1.165, 1.54) is 12.1 Å². The number of carbonyl (C=O) groups is 1. The maximum Gasteiger partial charge on any atom is 0.251 e. The molecule has 0 saturated carbocycles. The molecule has 0 atom stereocenters. The number of nitrogens with one attached hydrogen (secondary N) is 1. The molecule has 1 rings (SSSR count). The predicted octanol–water partition coefficient (Wildman–Crippen LogP) is 2.74. The normalized spacial score (nSPS) is 10.6. The topological polar surface area (TPSA) is 38.3 Å². The van der Waals surface area contributed by atoms with Gasteiger partial charge in [0.2, 0.25) is 0 Å². The van der Waals surface area contributed by atoms with Crippen molar-refractivity contribution in [2.45, 2.75) is 20.0 Å². The Labute approximate surface area is 108 Å². The number of hydrogen-bond acceptors (Lipinski definition) is 2. The third-order valence-electron chi connectivity index (χ3n) is 1.96. The molecule has 3 nitrogen and oxygen atoms in total. The van der Waals surface area contributed by atoms with Gasteiger partial charge in [0.15, 0.2) is 0 Å². The Morgan fingerprint density at radius 1 is 1.47 bits per heavy atom. The zero-order chi connectivity index (χ0) is 12.8. The van der Waals surface area contributed by atoms with Gasteiger partial charge < -0.3 is 10.1 Å². The fraction of sp³-hybridized carbons (Fsp3) is 0.417. The van der Waals surface area contributed by atoms with E-state index in [1.807, 2.05) is 13.8 Å². The maximum atomic E-state index is 13.0. The molecule has 1 amide bonds. The number of hydrogen-bond donors (Lipinski definition) is 1. The molecular formula is C12H15BrFNO2. The van der Waals surface area contributed by atoms with Crippen LogP contribution in [0.3, 0.4) is 0 Å². The Hall–Kier alpha value is -0.940. The van der Waals surface area contributed by atoms with E-state index in [0.29, 0.717) is 23.2 Å². The van der Waals surface area contributed by atoms with Gasteiger partial charge in [0.1, 0.15) is 5.82 Å². The maximum absolute atomic E-state index is 13.0. The minimum Gasteiger partial charge on any atom is -0.377 e. The summed E-state index contributed by atoms with van der Waals surface area (Å²) < 4.78 is 18.9. The third kappa shape index (κ3) is 5.28. The SMILES string of the molecule is CC(C)OCCNC(=O)c1cc(F)cc(Br)c1. The van der Waals surface area contributed by atoms with Gasteiger partial charge in [0.25, 0.3) is 5.91 Å². The average Bonchev–Trinajstić information content (AvgIpc) is 2.22. The number of halogens is 2. The van der Waals surface area contributed by atoms with Crippen LogP contribution in [0.5, 0.6) is 0 Å². The summed E-state index contributed by atoms with van der Waals surface area (Å²) in [7, 11) is 0. The van der Waals surface area contributed by atoms with Crippen molar-refractivity contribution in [1.29, 1.82) is 0 Å². The summed E-state index contributed by atoms with van der Waals surface area (Å²) >= 11 is 3.14. The molecule has 0 spiro atoms. The van der Waals surface area contributed by atoms with Crippen LogP contribution >= 0.6 is 15.9 Å². The summed E-state index contributed by atoms with van der Waals surface area (Å²) in [6.07, 6.45) is 0.134. The summed E-state index contributed by atoms with van der Waals surface area (Å²) in [4.78, 5) is 11.6. The van der Waals surface area contributed by atoms with Gasteiger partial charge in [0.05, 0.1) is 12.7 Å². The van der Waals surface area contributed by atoms with Crippen molar-refractivity contribution in [3.05, 3.63) is 34.1 Å². The minimum atomic E-state index is -0.442. The lowest BCUT2D eigenvalue weighted by molar-refractivity contribution is 0.0746. The zero-order valence-electron chi connectivity index (χ0n) is 9.80. The first-order chi connectivity index (χ1) is 7.99. The number of carbonyl (C=O) groups excluding carboxylic acids is 1. The summed E-state index contributed by atoms with van der Waals surface area (Å²) in [5.41, 5.74) is 0.293. The Morgan fingerprint density at radius 3 is 2.76 bits per heavy atom. The van der Waals surface area contributed by atoms with Crippen LogP contribution in [0.25, 0.3) is 0 Å². The van der Waals surface area contributed by atoms with Crippen LogP contribution in [-0.4, -0.2) is 25.2 Å². The first-order valence-corrected chi connectivity index (χ1v) is 6.14. The molecule has 17 heavy (non-hydrogen) atoms. The first kappa shape index (κ1) is 14.1. The molecule has 0 saturated heterocycles. The Bertz CT molecular complexity index is 376. The molecule has 0 aliphatic carbocycles. The molecular weight excluding hydrogens is 289 g/mol. The quantitative estimate of drug-likeness (QED) is 0.850. The van der Waals surface area contributed by atoms with Gasteiger partial charge in [-0.15, -0.1) is 0 Å². The van der Waals surface area contributed by atoms with Gasteiger partial charge in [-0.05, 0) is 32.0 Å². The van der Waals surface area contributed by atoms with Crippen molar-refractivity contribution < 1.29 is 13.9 Å². The van der Waals surface area contributed by atoms with Gasteiger partial charge in [-0.2, -0.15) is 0 Å². The number of ether oxygens (including phenoxy) is 1. The second-order valence-electron chi connectivity index (χ2n) is 3.83. The van der Waals surface area contributed by atoms with Gasteiger partial charge in [-0.25, -0.2) is 4.39 Å². The van der Waals surface area contributed by atoms with Crippen LogP contribution in [0.1, 0.15) is 24.2 Å². The molecule has 0 bridgehead atoms. The molecule has 1 N–H and O–H groups in total. The highest BCUT2D eigenvalue weighted by molar-refractivity contribution is 9.10. The molecule has 1 aromatic rings. The summed E-state index contributed by atoms with van der Waals surface area (Å²) in [5.74, 6) is -0.750. The molecule has 94 valence electrons. The van der Waals surface area contributed by atoms with E-state index in [2.05, 4.69) is 21.2 Å². The molecule has 0 aliphatic rings. The van der Waals surface area contributed by atoms with E-state index in [1.54, 1.807) is 6.07 Å². The standard InChI is InChI=1S/C12H15BrFNO2/c1-8(2)17-4-3-15-12(16)9-5-10(13)7-11(14)6-9/h5-8H,3-4H2,1-2H3,(H,15,16). The van der Waals surface area contributed by atoms with E-state index < -0.39 is 5.82 Å².